The van der Waals surface area contributed by atoms with E-state index in [0.717, 1.165) is 22.0 Å². The first kappa shape index (κ1) is 13.5. The molecule has 0 spiro atoms. The lowest BCUT2D eigenvalue weighted by Gasteiger charge is -2.11. The Balaban J connectivity index is 1.96. The van der Waals surface area contributed by atoms with Gasteiger partial charge in [0.05, 0.1) is 6.54 Å². The van der Waals surface area contributed by atoms with Gasteiger partial charge in [-0.25, -0.2) is 0 Å². The molecule has 0 fully saturated rings. The summed E-state index contributed by atoms with van der Waals surface area (Å²) in [5, 5.41) is 9.27. The number of thiocarbonyl (C=S) groups is 1. The summed E-state index contributed by atoms with van der Waals surface area (Å²) in [7, 11) is 0. The number of benzene rings is 2. The van der Waals surface area contributed by atoms with Crippen LogP contribution in [0.1, 0.15) is 17.3 Å². The summed E-state index contributed by atoms with van der Waals surface area (Å²) in [4.78, 5) is 4.57. The molecule has 0 aliphatic carbocycles. The Morgan fingerprint density at radius 2 is 2.00 bits per heavy atom. The predicted molar refractivity (Wildman–Crippen MR) is 86.2 cm³/mol. The van der Waals surface area contributed by atoms with E-state index in [4.69, 9.17) is 22.5 Å². The van der Waals surface area contributed by atoms with E-state index in [-0.39, 0.29) is 0 Å². The Kier molecular flexibility index (Phi) is 3.53. The third-order valence-corrected chi connectivity index (χ3v) is 3.42. The van der Waals surface area contributed by atoms with Gasteiger partial charge in [0.25, 0.3) is 0 Å². The second-order valence-electron chi connectivity index (χ2n) is 4.65. The van der Waals surface area contributed by atoms with Crippen molar-refractivity contribution in [2.24, 2.45) is 5.73 Å². The molecule has 0 amide bonds. The molecule has 0 radical (unpaired) electrons. The van der Waals surface area contributed by atoms with Gasteiger partial charge in [-0.2, -0.15) is 4.98 Å². The lowest BCUT2D eigenvalue weighted by atomic mass is 10.0. The monoisotopic (exact) mass is 298 g/mol. The van der Waals surface area contributed by atoms with E-state index in [2.05, 4.69) is 15.5 Å². The van der Waals surface area contributed by atoms with E-state index < -0.39 is 0 Å². The predicted octanol–water partition coefficient (Wildman–Crippen LogP) is 2.78. The number of nitrogens with zero attached hydrogens (tertiary/aromatic N) is 2. The minimum absolute atomic E-state index is 0.395. The molecule has 0 saturated carbocycles. The molecule has 1 aromatic heterocycles. The normalized spacial score (nSPS) is 10.7. The zero-order valence-electron chi connectivity index (χ0n) is 11.5. The van der Waals surface area contributed by atoms with Crippen molar-refractivity contribution >= 4 is 33.7 Å². The third-order valence-electron chi connectivity index (χ3n) is 3.20. The Morgan fingerprint density at radius 3 is 2.67 bits per heavy atom. The lowest BCUT2D eigenvalue weighted by molar-refractivity contribution is 0.388. The highest BCUT2D eigenvalue weighted by molar-refractivity contribution is 7.80. The summed E-state index contributed by atoms with van der Waals surface area (Å²) in [6, 6.07) is 11.9. The molecule has 0 aliphatic heterocycles. The molecule has 3 rings (SSSR count). The van der Waals surface area contributed by atoms with Crippen LogP contribution in [-0.2, 0) is 6.54 Å². The maximum Gasteiger partial charge on any atom is 0.223 e. The van der Waals surface area contributed by atoms with Crippen LogP contribution in [0.25, 0.3) is 10.8 Å². The van der Waals surface area contributed by atoms with Crippen molar-refractivity contribution in [3.8, 4) is 0 Å². The average Bonchev–Trinajstić information content (AvgIpc) is 2.90. The SMILES string of the molecule is Cc1nc(CNc2ccc(C(N)=S)c3ccccc23)no1. The molecule has 6 heteroatoms. The van der Waals surface area contributed by atoms with Gasteiger partial charge in [-0.3, -0.25) is 0 Å². The molecule has 0 aliphatic rings. The second-order valence-corrected chi connectivity index (χ2v) is 5.09. The highest BCUT2D eigenvalue weighted by Crippen LogP contribution is 2.27. The number of nitrogens with one attached hydrogen (secondary N) is 1. The molecular formula is C15H14N4OS. The van der Waals surface area contributed by atoms with Gasteiger partial charge >= 0.3 is 0 Å². The quantitative estimate of drug-likeness (QED) is 0.721. The van der Waals surface area contributed by atoms with Crippen LogP contribution in [0.4, 0.5) is 5.69 Å². The van der Waals surface area contributed by atoms with Gasteiger partial charge in [0.2, 0.25) is 5.89 Å². The Labute approximate surface area is 127 Å². The number of hydrogen-bond donors (Lipinski definition) is 2. The van der Waals surface area contributed by atoms with E-state index >= 15 is 0 Å². The van der Waals surface area contributed by atoms with E-state index in [1.165, 1.54) is 0 Å². The smallest absolute Gasteiger partial charge is 0.223 e. The fourth-order valence-corrected chi connectivity index (χ4v) is 2.43. The average molecular weight is 298 g/mol. The van der Waals surface area contributed by atoms with E-state index in [9.17, 15) is 0 Å². The van der Waals surface area contributed by atoms with Crippen molar-refractivity contribution in [2.75, 3.05) is 5.32 Å². The second kappa shape index (κ2) is 5.49. The molecule has 0 bridgehead atoms. The fraction of sp³-hybridized carbons (Fsp3) is 0.133. The van der Waals surface area contributed by atoms with Crippen molar-refractivity contribution < 1.29 is 4.52 Å². The number of aryl methyl sites for hydroxylation is 1. The highest BCUT2D eigenvalue weighted by atomic mass is 32.1. The van der Waals surface area contributed by atoms with Gasteiger partial charge in [-0.1, -0.05) is 41.6 Å². The zero-order chi connectivity index (χ0) is 14.8. The van der Waals surface area contributed by atoms with Crippen molar-refractivity contribution in [1.29, 1.82) is 0 Å². The van der Waals surface area contributed by atoms with Crippen LogP contribution in [0.5, 0.6) is 0 Å². The van der Waals surface area contributed by atoms with Crippen LogP contribution in [0.15, 0.2) is 40.9 Å². The topological polar surface area (TPSA) is 77.0 Å². The molecule has 5 nitrogen and oxygen atoms in total. The van der Waals surface area contributed by atoms with Crippen LogP contribution < -0.4 is 11.1 Å². The van der Waals surface area contributed by atoms with Crippen molar-refractivity contribution in [3.05, 3.63) is 53.7 Å². The molecule has 0 unspecified atom stereocenters. The maximum atomic E-state index is 5.78. The van der Waals surface area contributed by atoms with E-state index in [1.54, 1.807) is 6.92 Å². The van der Waals surface area contributed by atoms with Crippen LogP contribution in [-0.4, -0.2) is 15.1 Å². The zero-order valence-corrected chi connectivity index (χ0v) is 12.3. The van der Waals surface area contributed by atoms with Gasteiger partial charge in [-0.15, -0.1) is 0 Å². The van der Waals surface area contributed by atoms with Crippen molar-refractivity contribution in [1.82, 2.24) is 10.1 Å². The molecule has 21 heavy (non-hydrogen) atoms. The Hall–Kier alpha value is -2.47. The lowest BCUT2D eigenvalue weighted by Crippen LogP contribution is -2.10. The molecule has 3 aromatic rings. The Bertz CT molecular complexity index is 812. The highest BCUT2D eigenvalue weighted by Gasteiger charge is 2.08. The molecule has 106 valence electrons. The number of nitrogens with two attached hydrogens (primary N) is 1. The van der Waals surface area contributed by atoms with Gasteiger partial charge < -0.3 is 15.6 Å². The molecule has 0 saturated heterocycles. The summed E-state index contributed by atoms with van der Waals surface area (Å²) < 4.78 is 4.96. The molecule has 0 atom stereocenters. The van der Waals surface area contributed by atoms with Crippen LogP contribution in [0.3, 0.4) is 0 Å². The minimum Gasteiger partial charge on any atom is -0.389 e. The molecule has 1 heterocycles. The van der Waals surface area contributed by atoms with Crippen LogP contribution in [0.2, 0.25) is 0 Å². The van der Waals surface area contributed by atoms with Gasteiger partial charge in [-0.05, 0) is 17.5 Å². The van der Waals surface area contributed by atoms with E-state index in [1.807, 2.05) is 36.4 Å². The van der Waals surface area contributed by atoms with Gasteiger partial charge in [0.15, 0.2) is 5.82 Å². The number of fused-ring (bicyclic) bond motifs is 1. The number of aromatic nitrogens is 2. The third kappa shape index (κ3) is 2.71. The Morgan fingerprint density at radius 1 is 1.24 bits per heavy atom. The summed E-state index contributed by atoms with van der Waals surface area (Å²) in [6.45, 7) is 2.26. The standard InChI is InChI=1S/C15H14N4OS/c1-9-18-14(19-20-9)8-17-13-7-6-12(15(16)21)10-4-2-3-5-11(10)13/h2-7,17H,8H2,1H3,(H2,16,21). The first-order valence-corrected chi connectivity index (χ1v) is 6.90. The first-order chi connectivity index (χ1) is 10.1. The number of anilines is 1. The van der Waals surface area contributed by atoms with Gasteiger partial charge in [0.1, 0.15) is 4.99 Å². The van der Waals surface area contributed by atoms with E-state index in [0.29, 0.717) is 23.2 Å². The maximum absolute atomic E-state index is 5.78. The summed E-state index contributed by atoms with van der Waals surface area (Å²) in [6.07, 6.45) is 0. The molecule has 3 N–H and O–H groups in total. The molecule has 2 aromatic carbocycles. The summed E-state index contributed by atoms with van der Waals surface area (Å²) >= 11 is 5.10. The molecular weight excluding hydrogens is 284 g/mol. The summed E-state index contributed by atoms with van der Waals surface area (Å²) in [5.41, 5.74) is 7.63. The van der Waals surface area contributed by atoms with Crippen molar-refractivity contribution in [2.45, 2.75) is 13.5 Å². The van der Waals surface area contributed by atoms with Crippen molar-refractivity contribution in [3.63, 3.8) is 0 Å². The minimum atomic E-state index is 0.395. The first-order valence-electron chi connectivity index (χ1n) is 6.50. The van der Waals surface area contributed by atoms with Crippen LogP contribution >= 0.6 is 12.2 Å². The fourth-order valence-electron chi connectivity index (χ4n) is 2.26. The number of rotatable bonds is 4. The van der Waals surface area contributed by atoms with Crippen LogP contribution in [0, 0.1) is 6.92 Å². The summed E-state index contributed by atoms with van der Waals surface area (Å²) in [5.74, 6) is 1.18. The number of hydrogen-bond acceptors (Lipinski definition) is 5. The van der Waals surface area contributed by atoms with Gasteiger partial charge in [0, 0.05) is 23.6 Å². The largest absolute Gasteiger partial charge is 0.389 e.